The zero-order valence-corrected chi connectivity index (χ0v) is 10.8. The lowest BCUT2D eigenvalue weighted by molar-refractivity contribution is -0.128. The van der Waals surface area contributed by atoms with Gasteiger partial charge in [0.05, 0.1) is 0 Å². The fourth-order valence-corrected chi connectivity index (χ4v) is 2.38. The molecule has 1 aromatic carbocycles. The second-order valence-corrected chi connectivity index (χ2v) is 4.87. The summed E-state index contributed by atoms with van der Waals surface area (Å²) in [4.78, 5) is 16.0. The van der Waals surface area contributed by atoms with Crippen molar-refractivity contribution in [3.8, 4) is 0 Å². The maximum absolute atomic E-state index is 13.6. The van der Waals surface area contributed by atoms with Gasteiger partial charge in [-0.25, -0.2) is 4.39 Å². The Morgan fingerprint density at radius 1 is 1.58 bits per heavy atom. The molecule has 1 heterocycles. The lowest BCUT2D eigenvalue weighted by atomic mass is 10.1. The minimum atomic E-state index is -0.418. The van der Waals surface area contributed by atoms with Crippen LogP contribution in [0.15, 0.2) is 23.3 Å². The Balaban J connectivity index is 2.07. The van der Waals surface area contributed by atoms with Crippen LogP contribution in [0.5, 0.6) is 0 Å². The van der Waals surface area contributed by atoms with Crippen LogP contribution in [0.2, 0.25) is 5.02 Å². The Hall–Kier alpha value is -1.78. The molecule has 1 fully saturated rings. The highest BCUT2D eigenvalue weighted by Gasteiger charge is 2.29. The first-order chi connectivity index (χ1) is 9.11. The first kappa shape index (κ1) is 13.6. The van der Waals surface area contributed by atoms with Crippen molar-refractivity contribution in [2.75, 3.05) is 13.1 Å². The number of rotatable bonds is 4. The van der Waals surface area contributed by atoms with Crippen LogP contribution in [0.4, 0.5) is 4.39 Å². The fraction of sp³-hybridized carbons (Fsp3) is 0.417. The molecule has 19 heavy (non-hydrogen) atoms. The van der Waals surface area contributed by atoms with E-state index >= 15 is 0 Å². The first-order valence-electron chi connectivity index (χ1n) is 5.83. The molecule has 1 atom stereocenters. The molecule has 1 aliphatic rings. The van der Waals surface area contributed by atoms with Crippen LogP contribution in [0.1, 0.15) is 12.0 Å². The van der Waals surface area contributed by atoms with Gasteiger partial charge < -0.3 is 4.90 Å². The minimum Gasteiger partial charge on any atom is -0.338 e. The number of hydrogen-bond acceptors (Lipinski definition) is 2. The summed E-state index contributed by atoms with van der Waals surface area (Å²) >= 11 is 5.93. The van der Waals surface area contributed by atoms with Crippen LogP contribution in [-0.4, -0.2) is 23.9 Å². The van der Waals surface area contributed by atoms with E-state index in [9.17, 15) is 9.18 Å². The molecule has 0 bridgehead atoms. The predicted octanol–water partition coefficient (Wildman–Crippen LogP) is 3.14. The Morgan fingerprint density at radius 2 is 2.37 bits per heavy atom. The van der Waals surface area contributed by atoms with E-state index in [-0.39, 0.29) is 24.9 Å². The van der Waals surface area contributed by atoms with Gasteiger partial charge in [-0.3, -0.25) is 4.79 Å². The van der Waals surface area contributed by atoms with Crippen molar-refractivity contribution in [2.45, 2.75) is 13.0 Å². The van der Waals surface area contributed by atoms with Crippen LogP contribution in [0, 0.1) is 11.7 Å². The summed E-state index contributed by atoms with van der Waals surface area (Å²) < 4.78 is 13.6. The highest BCUT2D eigenvalue weighted by atomic mass is 35.5. The van der Waals surface area contributed by atoms with Gasteiger partial charge in [-0.2, -0.15) is 0 Å². The normalized spacial score (nSPS) is 18.5. The molecule has 100 valence electrons. The van der Waals surface area contributed by atoms with Gasteiger partial charge in [0.2, 0.25) is 5.91 Å². The highest BCUT2D eigenvalue weighted by molar-refractivity contribution is 6.31. The van der Waals surface area contributed by atoms with E-state index in [0.717, 1.165) is 0 Å². The van der Waals surface area contributed by atoms with E-state index in [2.05, 4.69) is 10.0 Å². The summed E-state index contributed by atoms with van der Waals surface area (Å²) in [7, 11) is 0. The number of likely N-dealkylation sites (tertiary alicyclic amines) is 1. The molecule has 0 aliphatic carbocycles. The van der Waals surface area contributed by atoms with Crippen molar-refractivity contribution in [1.29, 1.82) is 0 Å². The number of nitrogens with zero attached hydrogens (tertiary/aromatic N) is 4. The van der Waals surface area contributed by atoms with Crippen molar-refractivity contribution >= 4 is 17.5 Å². The molecule has 0 saturated carbocycles. The maximum Gasteiger partial charge on any atom is 0.223 e. The zero-order chi connectivity index (χ0) is 13.8. The van der Waals surface area contributed by atoms with E-state index in [1.807, 2.05) is 0 Å². The third-order valence-corrected chi connectivity index (χ3v) is 3.46. The summed E-state index contributed by atoms with van der Waals surface area (Å²) in [5.74, 6) is -0.495. The van der Waals surface area contributed by atoms with Gasteiger partial charge in [0, 0.05) is 41.6 Å². The molecule has 1 saturated heterocycles. The number of hydrogen-bond donors (Lipinski definition) is 0. The molecule has 0 aromatic heterocycles. The predicted molar refractivity (Wildman–Crippen MR) is 68.9 cm³/mol. The molecule has 1 aromatic rings. The van der Waals surface area contributed by atoms with Crippen LogP contribution >= 0.6 is 11.6 Å². The smallest absolute Gasteiger partial charge is 0.223 e. The van der Waals surface area contributed by atoms with Gasteiger partial charge in [0.15, 0.2) is 0 Å². The second-order valence-electron chi connectivity index (χ2n) is 4.46. The van der Waals surface area contributed by atoms with Crippen LogP contribution in [0.25, 0.3) is 10.4 Å². The molecule has 0 N–H and O–H groups in total. The van der Waals surface area contributed by atoms with Gasteiger partial charge >= 0.3 is 0 Å². The minimum absolute atomic E-state index is 0.00560. The molecule has 1 unspecified atom stereocenters. The average Bonchev–Trinajstić information content (AvgIpc) is 2.72. The Labute approximate surface area is 114 Å². The van der Waals surface area contributed by atoms with E-state index in [1.54, 1.807) is 11.0 Å². The topological polar surface area (TPSA) is 69.1 Å². The van der Waals surface area contributed by atoms with E-state index < -0.39 is 5.82 Å². The van der Waals surface area contributed by atoms with Gasteiger partial charge in [-0.05, 0) is 23.6 Å². The Kier molecular flexibility index (Phi) is 4.24. The van der Waals surface area contributed by atoms with Crippen molar-refractivity contribution in [3.63, 3.8) is 0 Å². The first-order valence-corrected chi connectivity index (χ1v) is 6.21. The summed E-state index contributed by atoms with van der Waals surface area (Å²) in [5, 5.41) is 3.78. The third-order valence-electron chi connectivity index (χ3n) is 3.11. The molecule has 0 spiro atoms. The van der Waals surface area contributed by atoms with Crippen molar-refractivity contribution < 1.29 is 9.18 Å². The number of amides is 1. The summed E-state index contributed by atoms with van der Waals surface area (Å²) in [5.41, 5.74) is 8.58. The van der Waals surface area contributed by atoms with Crippen molar-refractivity contribution in [1.82, 2.24) is 4.90 Å². The Bertz CT molecular complexity index is 524. The summed E-state index contributed by atoms with van der Waals surface area (Å²) in [6.07, 6.45) is 0.324. The molecule has 7 heteroatoms. The second kappa shape index (κ2) is 5.91. The van der Waals surface area contributed by atoms with Gasteiger partial charge in [0.1, 0.15) is 5.82 Å². The zero-order valence-electron chi connectivity index (χ0n) is 10.1. The monoisotopic (exact) mass is 282 g/mol. The van der Waals surface area contributed by atoms with Gasteiger partial charge in [-0.1, -0.05) is 22.8 Å². The van der Waals surface area contributed by atoms with Crippen LogP contribution in [-0.2, 0) is 11.3 Å². The van der Waals surface area contributed by atoms with Crippen molar-refractivity contribution in [2.24, 2.45) is 11.0 Å². The van der Waals surface area contributed by atoms with Gasteiger partial charge in [0.25, 0.3) is 0 Å². The molecule has 1 amide bonds. The average molecular weight is 283 g/mol. The lowest BCUT2D eigenvalue weighted by Gasteiger charge is -2.17. The molecule has 1 aliphatic heterocycles. The standard InChI is InChI=1S/C12H12ClFN4O/c13-10-2-1-3-11(14)9(10)7-18-6-8(4-12(18)19)5-16-17-15/h1-3,8H,4-7H2. The van der Waals surface area contributed by atoms with E-state index in [4.69, 9.17) is 17.1 Å². The summed E-state index contributed by atoms with van der Waals surface area (Å²) in [6.45, 7) is 0.892. The van der Waals surface area contributed by atoms with Crippen molar-refractivity contribution in [3.05, 3.63) is 45.0 Å². The number of carbonyl (C=O) groups is 1. The molecule has 2 rings (SSSR count). The third kappa shape index (κ3) is 3.16. The van der Waals surface area contributed by atoms with Gasteiger partial charge in [-0.15, -0.1) is 0 Å². The molecular weight excluding hydrogens is 271 g/mol. The quantitative estimate of drug-likeness (QED) is 0.475. The molecule has 0 radical (unpaired) electrons. The summed E-state index contributed by atoms with van der Waals surface area (Å²) in [6, 6.07) is 4.44. The van der Waals surface area contributed by atoms with Crippen LogP contribution < -0.4 is 0 Å². The molecular formula is C12H12ClFN4O. The lowest BCUT2D eigenvalue weighted by Crippen LogP contribution is -2.25. The number of carbonyl (C=O) groups excluding carboxylic acids is 1. The largest absolute Gasteiger partial charge is 0.338 e. The Morgan fingerprint density at radius 3 is 3.05 bits per heavy atom. The molecule has 5 nitrogen and oxygen atoms in total. The number of benzene rings is 1. The number of azide groups is 1. The highest BCUT2D eigenvalue weighted by Crippen LogP contribution is 2.25. The van der Waals surface area contributed by atoms with E-state index in [1.165, 1.54) is 12.1 Å². The van der Waals surface area contributed by atoms with E-state index in [0.29, 0.717) is 23.6 Å². The number of halogens is 2. The maximum atomic E-state index is 13.6. The van der Waals surface area contributed by atoms with Crippen LogP contribution in [0.3, 0.4) is 0 Å². The fourth-order valence-electron chi connectivity index (χ4n) is 2.16. The SMILES string of the molecule is [N-]=[N+]=NCC1CC(=O)N(Cc2c(F)cccc2Cl)C1.